The summed E-state index contributed by atoms with van der Waals surface area (Å²) in [7, 11) is -3.73. The molecule has 1 N–H and O–H groups in total. The molecule has 2 aromatic rings. The van der Waals surface area contributed by atoms with Crippen LogP contribution in [0.1, 0.15) is 44.7 Å². The van der Waals surface area contributed by atoms with Crippen molar-refractivity contribution in [2.75, 3.05) is 23.7 Å². The number of rotatable bonds is 12. The molecule has 0 saturated carbocycles. The third-order valence-electron chi connectivity index (χ3n) is 5.51. The van der Waals surface area contributed by atoms with Crippen LogP contribution in [-0.4, -0.2) is 50.5 Å². The molecule has 0 aromatic heterocycles. The Hall–Kier alpha value is -2.87. The van der Waals surface area contributed by atoms with Crippen molar-refractivity contribution < 1.29 is 18.0 Å². The van der Waals surface area contributed by atoms with E-state index in [9.17, 15) is 18.0 Å². The molecule has 180 valence electrons. The minimum absolute atomic E-state index is 0.203. The van der Waals surface area contributed by atoms with Crippen LogP contribution >= 0.6 is 0 Å². The van der Waals surface area contributed by atoms with Gasteiger partial charge in [-0.25, -0.2) is 8.42 Å². The largest absolute Gasteiger partial charge is 0.354 e. The molecular formula is C25H35N3O4S. The molecular weight excluding hydrogens is 438 g/mol. The zero-order chi connectivity index (χ0) is 24.4. The molecule has 33 heavy (non-hydrogen) atoms. The molecule has 0 fully saturated rings. The molecule has 0 heterocycles. The van der Waals surface area contributed by atoms with Crippen LogP contribution in [0.5, 0.6) is 0 Å². The lowest BCUT2D eigenvalue weighted by Gasteiger charge is -2.32. The van der Waals surface area contributed by atoms with Gasteiger partial charge in [-0.05, 0) is 37.0 Å². The zero-order valence-corrected chi connectivity index (χ0v) is 20.8. The van der Waals surface area contributed by atoms with Gasteiger partial charge in [-0.15, -0.1) is 0 Å². The summed E-state index contributed by atoms with van der Waals surface area (Å²) in [5.41, 5.74) is 2.17. The third-order valence-corrected chi connectivity index (χ3v) is 6.64. The molecule has 1 atom stereocenters. The van der Waals surface area contributed by atoms with Crippen LogP contribution in [0.15, 0.2) is 54.6 Å². The predicted octanol–water partition coefficient (Wildman–Crippen LogP) is 3.35. The van der Waals surface area contributed by atoms with Crippen molar-refractivity contribution in [1.29, 1.82) is 0 Å². The maximum Gasteiger partial charge on any atom is 0.244 e. The number of nitrogens with one attached hydrogen (secondary N) is 1. The fraction of sp³-hybridized carbons (Fsp3) is 0.440. The van der Waals surface area contributed by atoms with E-state index in [0.29, 0.717) is 18.7 Å². The molecule has 0 bridgehead atoms. The molecule has 2 amide bonds. The number of nitrogens with zero attached hydrogens (tertiary/aromatic N) is 2. The van der Waals surface area contributed by atoms with E-state index in [2.05, 4.69) is 5.32 Å². The summed E-state index contributed by atoms with van der Waals surface area (Å²) in [6.45, 7) is 6.00. The standard InChI is InChI=1S/C25H35N3O4S/c1-5-7-17-26-25(30)20(3)27(18-21-13-9-8-10-14-21)24(29)19-28(33(4,31)32)23-16-12-11-15-22(23)6-2/h8-16,20H,5-7,17-19H2,1-4H3,(H,26,30)/t20-/m0/s1. The number of para-hydroxylation sites is 1. The van der Waals surface area contributed by atoms with E-state index >= 15 is 0 Å². The van der Waals surface area contributed by atoms with E-state index in [-0.39, 0.29) is 19.0 Å². The highest BCUT2D eigenvalue weighted by Gasteiger charge is 2.30. The summed E-state index contributed by atoms with van der Waals surface area (Å²) in [4.78, 5) is 27.7. The summed E-state index contributed by atoms with van der Waals surface area (Å²) < 4.78 is 26.5. The first-order chi connectivity index (χ1) is 15.7. The number of hydrogen-bond acceptors (Lipinski definition) is 4. The fourth-order valence-corrected chi connectivity index (χ4v) is 4.43. The first-order valence-corrected chi connectivity index (χ1v) is 13.2. The number of amides is 2. The lowest BCUT2D eigenvalue weighted by molar-refractivity contribution is -0.139. The number of carbonyl (C=O) groups excluding carboxylic acids is 2. The van der Waals surface area contributed by atoms with Gasteiger partial charge in [0.05, 0.1) is 11.9 Å². The monoisotopic (exact) mass is 473 g/mol. The van der Waals surface area contributed by atoms with E-state index in [4.69, 9.17) is 0 Å². The number of unbranched alkanes of at least 4 members (excludes halogenated alkanes) is 1. The molecule has 0 aliphatic heterocycles. The quantitative estimate of drug-likeness (QED) is 0.479. The highest BCUT2D eigenvalue weighted by Crippen LogP contribution is 2.24. The van der Waals surface area contributed by atoms with Gasteiger partial charge < -0.3 is 10.2 Å². The highest BCUT2D eigenvalue weighted by atomic mass is 32.2. The molecule has 0 unspecified atom stereocenters. The van der Waals surface area contributed by atoms with Crippen molar-refractivity contribution in [2.45, 2.75) is 52.6 Å². The van der Waals surface area contributed by atoms with Gasteiger partial charge >= 0.3 is 0 Å². The lowest BCUT2D eigenvalue weighted by Crippen LogP contribution is -2.51. The molecule has 0 saturated heterocycles. The summed E-state index contributed by atoms with van der Waals surface area (Å²) in [6.07, 6.45) is 3.51. The second-order valence-electron chi connectivity index (χ2n) is 8.08. The summed E-state index contributed by atoms with van der Waals surface area (Å²) >= 11 is 0. The second kappa shape index (κ2) is 12.4. The van der Waals surface area contributed by atoms with Crippen molar-refractivity contribution in [3.63, 3.8) is 0 Å². The molecule has 0 aliphatic carbocycles. The molecule has 8 heteroatoms. The van der Waals surface area contributed by atoms with Gasteiger partial charge in [0.15, 0.2) is 0 Å². The number of hydrogen-bond donors (Lipinski definition) is 1. The topological polar surface area (TPSA) is 86.8 Å². The Morgan fingerprint density at radius 1 is 1.00 bits per heavy atom. The normalized spacial score (nSPS) is 12.1. The number of carbonyl (C=O) groups is 2. The number of sulfonamides is 1. The van der Waals surface area contributed by atoms with Crippen molar-refractivity contribution in [1.82, 2.24) is 10.2 Å². The number of benzene rings is 2. The first kappa shape index (κ1) is 26.4. The van der Waals surface area contributed by atoms with Crippen molar-refractivity contribution in [3.8, 4) is 0 Å². The zero-order valence-electron chi connectivity index (χ0n) is 20.0. The second-order valence-corrected chi connectivity index (χ2v) is 9.99. The van der Waals surface area contributed by atoms with E-state index in [1.807, 2.05) is 56.3 Å². The van der Waals surface area contributed by atoms with Crippen LogP contribution in [0.2, 0.25) is 0 Å². The minimum Gasteiger partial charge on any atom is -0.354 e. The van der Waals surface area contributed by atoms with E-state index in [1.54, 1.807) is 19.1 Å². The number of anilines is 1. The van der Waals surface area contributed by atoms with E-state index in [1.165, 1.54) is 4.90 Å². The lowest BCUT2D eigenvalue weighted by atomic mass is 10.1. The van der Waals surface area contributed by atoms with Gasteiger partial charge in [0, 0.05) is 13.1 Å². The molecule has 7 nitrogen and oxygen atoms in total. The Morgan fingerprint density at radius 2 is 1.64 bits per heavy atom. The molecule has 2 rings (SSSR count). The fourth-order valence-electron chi connectivity index (χ4n) is 3.55. The Kier molecular flexibility index (Phi) is 9.91. The Labute approximate surface area is 197 Å². The summed E-state index contributed by atoms with van der Waals surface area (Å²) in [5.74, 6) is -0.694. The average molecular weight is 474 g/mol. The Morgan fingerprint density at radius 3 is 2.24 bits per heavy atom. The van der Waals surface area contributed by atoms with E-state index in [0.717, 1.165) is 34.5 Å². The minimum atomic E-state index is -3.73. The summed E-state index contributed by atoms with van der Waals surface area (Å²) in [6, 6.07) is 15.8. The van der Waals surface area contributed by atoms with Gasteiger partial charge in [0.1, 0.15) is 12.6 Å². The first-order valence-electron chi connectivity index (χ1n) is 11.4. The molecule has 2 aromatic carbocycles. The predicted molar refractivity (Wildman–Crippen MR) is 132 cm³/mol. The third kappa shape index (κ3) is 7.60. The van der Waals surface area contributed by atoms with Crippen LogP contribution < -0.4 is 9.62 Å². The Balaban J connectivity index is 2.35. The molecule has 0 aliphatic rings. The maximum atomic E-state index is 13.5. The number of aryl methyl sites for hydroxylation is 1. The van der Waals surface area contributed by atoms with Gasteiger partial charge in [0.2, 0.25) is 21.8 Å². The average Bonchev–Trinajstić information content (AvgIpc) is 2.80. The summed E-state index contributed by atoms with van der Waals surface area (Å²) in [5, 5.41) is 2.87. The van der Waals surface area contributed by atoms with Crippen molar-refractivity contribution in [3.05, 3.63) is 65.7 Å². The van der Waals surface area contributed by atoms with Gasteiger partial charge in [-0.2, -0.15) is 0 Å². The van der Waals surface area contributed by atoms with Crippen LogP contribution in [0.3, 0.4) is 0 Å². The van der Waals surface area contributed by atoms with E-state index < -0.39 is 22.0 Å². The van der Waals surface area contributed by atoms with Crippen LogP contribution in [-0.2, 0) is 32.6 Å². The van der Waals surface area contributed by atoms with Crippen LogP contribution in [0.25, 0.3) is 0 Å². The SMILES string of the molecule is CCCCNC(=O)[C@H](C)N(Cc1ccccc1)C(=O)CN(c1ccccc1CC)S(C)(=O)=O. The van der Waals surface area contributed by atoms with Crippen LogP contribution in [0, 0.1) is 0 Å². The highest BCUT2D eigenvalue weighted by molar-refractivity contribution is 7.92. The molecule has 0 radical (unpaired) electrons. The van der Waals surface area contributed by atoms with Gasteiger partial charge in [0.25, 0.3) is 0 Å². The Bertz CT molecular complexity index is 1020. The van der Waals surface area contributed by atoms with Gasteiger partial charge in [-0.1, -0.05) is 68.8 Å². The molecule has 0 spiro atoms. The van der Waals surface area contributed by atoms with Gasteiger partial charge in [-0.3, -0.25) is 13.9 Å². The van der Waals surface area contributed by atoms with Crippen molar-refractivity contribution in [2.24, 2.45) is 0 Å². The van der Waals surface area contributed by atoms with Crippen LogP contribution in [0.4, 0.5) is 5.69 Å². The maximum absolute atomic E-state index is 13.5. The van der Waals surface area contributed by atoms with Crippen molar-refractivity contribution >= 4 is 27.5 Å². The smallest absolute Gasteiger partial charge is 0.244 e.